The van der Waals surface area contributed by atoms with Gasteiger partial charge in [-0.3, -0.25) is 4.79 Å². The molecule has 0 bridgehead atoms. The van der Waals surface area contributed by atoms with E-state index in [1.807, 2.05) is 43.3 Å². The van der Waals surface area contributed by atoms with Gasteiger partial charge in [-0.25, -0.2) is 4.98 Å². The van der Waals surface area contributed by atoms with Gasteiger partial charge in [0.1, 0.15) is 24.7 Å². The molecule has 34 heavy (non-hydrogen) atoms. The molecule has 7 heteroatoms. The first-order valence-corrected chi connectivity index (χ1v) is 11.1. The minimum absolute atomic E-state index is 0.238. The second kappa shape index (κ2) is 9.31. The standard InChI is InChI=1S/C27H24N2O5/c1-3-32-25-16-23(17-5-4-6-20(13-17)31-2)29-22-9-7-18(14-21(22)25)27(30)28-19-8-10-24-26(15-19)34-12-11-33-24/h4-10,13-16H,3,11-12H2,1-2H3,(H,28,30). The number of anilines is 1. The molecule has 1 N–H and O–H groups in total. The lowest BCUT2D eigenvalue weighted by atomic mass is 10.1. The Labute approximate surface area is 197 Å². The van der Waals surface area contributed by atoms with Crippen LogP contribution in [0.2, 0.25) is 0 Å². The summed E-state index contributed by atoms with van der Waals surface area (Å²) in [5.74, 6) is 2.48. The molecule has 0 atom stereocenters. The smallest absolute Gasteiger partial charge is 0.255 e. The molecular formula is C27H24N2O5. The molecule has 0 aliphatic carbocycles. The van der Waals surface area contributed by atoms with Crippen LogP contribution in [0.4, 0.5) is 5.69 Å². The topological polar surface area (TPSA) is 78.9 Å². The third kappa shape index (κ3) is 4.32. The molecule has 0 saturated carbocycles. The van der Waals surface area contributed by atoms with Crippen molar-refractivity contribution in [2.24, 2.45) is 0 Å². The summed E-state index contributed by atoms with van der Waals surface area (Å²) in [5, 5.41) is 3.69. The number of nitrogens with one attached hydrogen (secondary N) is 1. The second-order valence-corrected chi connectivity index (χ2v) is 7.72. The lowest BCUT2D eigenvalue weighted by Gasteiger charge is -2.19. The molecule has 1 aliphatic rings. The largest absolute Gasteiger partial charge is 0.497 e. The lowest BCUT2D eigenvalue weighted by Crippen LogP contribution is -2.16. The molecule has 2 heterocycles. The van der Waals surface area contributed by atoms with E-state index in [0.29, 0.717) is 48.3 Å². The average Bonchev–Trinajstić information content (AvgIpc) is 2.88. The van der Waals surface area contributed by atoms with Gasteiger partial charge in [-0.1, -0.05) is 12.1 Å². The van der Waals surface area contributed by atoms with E-state index < -0.39 is 0 Å². The van der Waals surface area contributed by atoms with E-state index in [1.54, 1.807) is 37.4 Å². The molecule has 1 aliphatic heterocycles. The van der Waals surface area contributed by atoms with Gasteiger partial charge >= 0.3 is 0 Å². The van der Waals surface area contributed by atoms with Gasteiger partial charge in [0.15, 0.2) is 11.5 Å². The van der Waals surface area contributed by atoms with Crippen LogP contribution in [-0.4, -0.2) is 37.8 Å². The van der Waals surface area contributed by atoms with E-state index in [2.05, 4.69) is 5.32 Å². The normalized spacial score (nSPS) is 12.3. The van der Waals surface area contributed by atoms with Gasteiger partial charge in [0.25, 0.3) is 5.91 Å². The second-order valence-electron chi connectivity index (χ2n) is 7.72. The Kier molecular flexibility index (Phi) is 5.91. The number of pyridine rings is 1. The number of ether oxygens (including phenoxy) is 4. The minimum atomic E-state index is -0.238. The summed E-state index contributed by atoms with van der Waals surface area (Å²) in [6.07, 6.45) is 0. The Morgan fingerprint density at radius 2 is 1.85 bits per heavy atom. The molecule has 1 amide bonds. The first-order valence-electron chi connectivity index (χ1n) is 11.1. The first-order chi connectivity index (χ1) is 16.6. The highest BCUT2D eigenvalue weighted by molar-refractivity contribution is 6.07. The van der Waals surface area contributed by atoms with E-state index in [-0.39, 0.29) is 5.91 Å². The van der Waals surface area contributed by atoms with Crippen LogP contribution in [0.25, 0.3) is 22.2 Å². The van der Waals surface area contributed by atoms with Crippen molar-refractivity contribution < 1.29 is 23.7 Å². The molecule has 3 aromatic carbocycles. The monoisotopic (exact) mass is 456 g/mol. The maximum atomic E-state index is 13.0. The van der Waals surface area contributed by atoms with Crippen LogP contribution in [-0.2, 0) is 0 Å². The van der Waals surface area contributed by atoms with Crippen LogP contribution in [0, 0.1) is 0 Å². The van der Waals surface area contributed by atoms with Crippen LogP contribution in [0.15, 0.2) is 66.7 Å². The Morgan fingerprint density at radius 3 is 2.68 bits per heavy atom. The third-order valence-corrected chi connectivity index (χ3v) is 5.50. The van der Waals surface area contributed by atoms with Crippen LogP contribution in [0.3, 0.4) is 0 Å². The van der Waals surface area contributed by atoms with Gasteiger partial charge in [0, 0.05) is 34.3 Å². The summed E-state index contributed by atoms with van der Waals surface area (Å²) in [6, 6.07) is 20.4. The Bertz CT molecular complexity index is 1370. The first kappa shape index (κ1) is 21.6. The fraction of sp³-hybridized carbons (Fsp3) is 0.185. The number of hydrogen-bond donors (Lipinski definition) is 1. The molecule has 172 valence electrons. The fourth-order valence-electron chi connectivity index (χ4n) is 3.87. The van der Waals surface area contributed by atoms with Crippen molar-refractivity contribution in [1.29, 1.82) is 0 Å². The summed E-state index contributed by atoms with van der Waals surface area (Å²) in [4.78, 5) is 17.8. The van der Waals surface area contributed by atoms with E-state index in [1.165, 1.54) is 0 Å². The summed E-state index contributed by atoms with van der Waals surface area (Å²) in [5.41, 5.74) is 3.55. The van der Waals surface area contributed by atoms with Crippen molar-refractivity contribution >= 4 is 22.5 Å². The van der Waals surface area contributed by atoms with Crippen molar-refractivity contribution in [3.05, 3.63) is 72.3 Å². The van der Waals surface area contributed by atoms with Crippen molar-refractivity contribution in [2.75, 3.05) is 32.2 Å². The molecular weight excluding hydrogens is 432 g/mol. The highest BCUT2D eigenvalue weighted by Gasteiger charge is 2.16. The molecule has 1 aromatic heterocycles. The van der Waals surface area contributed by atoms with Crippen LogP contribution in [0.5, 0.6) is 23.0 Å². The number of carbonyl (C=O) groups excluding carboxylic acids is 1. The van der Waals surface area contributed by atoms with E-state index in [9.17, 15) is 4.79 Å². The number of carbonyl (C=O) groups is 1. The number of aromatic nitrogens is 1. The summed E-state index contributed by atoms with van der Waals surface area (Å²) in [7, 11) is 1.64. The maximum absolute atomic E-state index is 13.0. The number of amides is 1. The number of benzene rings is 3. The van der Waals surface area contributed by atoms with Crippen molar-refractivity contribution in [1.82, 2.24) is 4.98 Å². The zero-order chi connectivity index (χ0) is 23.5. The zero-order valence-electron chi connectivity index (χ0n) is 19.0. The molecule has 0 unspecified atom stereocenters. The molecule has 7 nitrogen and oxygen atoms in total. The lowest BCUT2D eigenvalue weighted by molar-refractivity contribution is 0.102. The van der Waals surface area contributed by atoms with Gasteiger partial charge in [0.2, 0.25) is 0 Å². The molecule has 0 radical (unpaired) electrons. The Morgan fingerprint density at radius 1 is 1.00 bits per heavy atom. The summed E-state index contributed by atoms with van der Waals surface area (Å²) < 4.78 is 22.4. The molecule has 0 saturated heterocycles. The van der Waals surface area contributed by atoms with Gasteiger partial charge in [-0.2, -0.15) is 0 Å². The molecule has 5 rings (SSSR count). The van der Waals surface area contributed by atoms with E-state index in [4.69, 9.17) is 23.9 Å². The van der Waals surface area contributed by atoms with Crippen LogP contribution < -0.4 is 24.3 Å². The van der Waals surface area contributed by atoms with Gasteiger partial charge in [-0.05, 0) is 49.4 Å². The summed E-state index contributed by atoms with van der Waals surface area (Å²) in [6.45, 7) is 3.42. The van der Waals surface area contributed by atoms with Gasteiger partial charge < -0.3 is 24.3 Å². The predicted molar refractivity (Wildman–Crippen MR) is 130 cm³/mol. The zero-order valence-corrected chi connectivity index (χ0v) is 19.0. The highest BCUT2D eigenvalue weighted by atomic mass is 16.6. The van der Waals surface area contributed by atoms with Gasteiger partial charge in [-0.15, -0.1) is 0 Å². The molecule has 0 spiro atoms. The van der Waals surface area contributed by atoms with Crippen molar-refractivity contribution in [3.8, 4) is 34.3 Å². The van der Waals surface area contributed by atoms with Crippen LogP contribution >= 0.6 is 0 Å². The average molecular weight is 456 g/mol. The summed E-state index contributed by atoms with van der Waals surface area (Å²) >= 11 is 0. The maximum Gasteiger partial charge on any atom is 0.255 e. The van der Waals surface area contributed by atoms with Gasteiger partial charge in [0.05, 0.1) is 24.9 Å². The quantitative estimate of drug-likeness (QED) is 0.422. The SMILES string of the molecule is CCOc1cc(-c2cccc(OC)c2)nc2ccc(C(=O)Nc3ccc4c(c3)OCCO4)cc12. The fourth-order valence-corrected chi connectivity index (χ4v) is 3.87. The molecule has 4 aromatic rings. The predicted octanol–water partition coefficient (Wildman–Crippen LogP) is 5.33. The minimum Gasteiger partial charge on any atom is -0.497 e. The number of nitrogens with zero attached hydrogens (tertiary/aromatic N) is 1. The highest BCUT2D eigenvalue weighted by Crippen LogP contribution is 2.34. The Balaban J connectivity index is 1.47. The number of hydrogen-bond acceptors (Lipinski definition) is 6. The van der Waals surface area contributed by atoms with Crippen molar-refractivity contribution in [3.63, 3.8) is 0 Å². The Hall–Kier alpha value is -4.26. The van der Waals surface area contributed by atoms with E-state index in [0.717, 1.165) is 27.9 Å². The number of fused-ring (bicyclic) bond motifs is 2. The third-order valence-electron chi connectivity index (χ3n) is 5.50. The number of rotatable bonds is 6. The van der Waals surface area contributed by atoms with Crippen LogP contribution in [0.1, 0.15) is 17.3 Å². The van der Waals surface area contributed by atoms with E-state index >= 15 is 0 Å². The molecule has 0 fully saturated rings. The van der Waals surface area contributed by atoms with Crippen molar-refractivity contribution in [2.45, 2.75) is 6.92 Å². The number of methoxy groups -OCH3 is 1.